The maximum absolute atomic E-state index is 10.6. The summed E-state index contributed by atoms with van der Waals surface area (Å²) >= 11 is 0. The molecule has 0 fully saturated rings. The Labute approximate surface area is 65.1 Å². The summed E-state index contributed by atoms with van der Waals surface area (Å²) in [6, 6.07) is 0. The van der Waals surface area contributed by atoms with E-state index in [1.54, 1.807) is 6.92 Å². The molecule has 0 rings (SSSR count). The van der Waals surface area contributed by atoms with Crippen LogP contribution in [0.4, 0.5) is 0 Å². The van der Waals surface area contributed by atoms with Gasteiger partial charge < -0.3 is 14.9 Å². The SMILES string of the molecule is CC=CC(=O)OC(O)C(C)O. The summed E-state index contributed by atoms with van der Waals surface area (Å²) in [5, 5.41) is 17.5. The molecule has 0 aliphatic carbocycles. The molecule has 0 bridgehead atoms. The summed E-state index contributed by atoms with van der Waals surface area (Å²) < 4.78 is 4.33. The van der Waals surface area contributed by atoms with Gasteiger partial charge in [0.25, 0.3) is 0 Å². The molecule has 0 aromatic heterocycles. The van der Waals surface area contributed by atoms with Gasteiger partial charge in [0, 0.05) is 6.08 Å². The molecular formula is C7H12O4. The van der Waals surface area contributed by atoms with E-state index in [-0.39, 0.29) is 0 Å². The molecule has 4 heteroatoms. The molecule has 0 aromatic carbocycles. The fraction of sp³-hybridized carbons (Fsp3) is 0.571. The second kappa shape index (κ2) is 4.87. The smallest absolute Gasteiger partial charge is 0.332 e. The fourth-order valence-corrected chi connectivity index (χ4v) is 0.393. The first-order valence-corrected chi connectivity index (χ1v) is 3.27. The van der Waals surface area contributed by atoms with Crippen LogP contribution in [-0.4, -0.2) is 28.6 Å². The van der Waals surface area contributed by atoms with Crippen molar-refractivity contribution in [3.63, 3.8) is 0 Å². The van der Waals surface area contributed by atoms with Crippen LogP contribution in [0.3, 0.4) is 0 Å². The molecule has 0 radical (unpaired) electrons. The van der Waals surface area contributed by atoms with E-state index >= 15 is 0 Å². The van der Waals surface area contributed by atoms with E-state index in [0.29, 0.717) is 0 Å². The number of ether oxygens (including phenoxy) is 1. The first-order valence-electron chi connectivity index (χ1n) is 3.27. The Morgan fingerprint density at radius 3 is 2.45 bits per heavy atom. The summed E-state index contributed by atoms with van der Waals surface area (Å²) in [4.78, 5) is 10.6. The minimum atomic E-state index is -1.45. The largest absolute Gasteiger partial charge is 0.430 e. The number of allylic oxidation sites excluding steroid dienone is 1. The molecule has 0 saturated carbocycles. The second-order valence-electron chi connectivity index (χ2n) is 2.07. The molecule has 2 atom stereocenters. The zero-order chi connectivity index (χ0) is 8.85. The number of carbonyl (C=O) groups is 1. The third kappa shape index (κ3) is 4.52. The predicted molar refractivity (Wildman–Crippen MR) is 38.6 cm³/mol. The zero-order valence-electron chi connectivity index (χ0n) is 6.52. The lowest BCUT2D eigenvalue weighted by Crippen LogP contribution is -2.27. The molecule has 0 aliphatic heterocycles. The summed E-state index contributed by atoms with van der Waals surface area (Å²) in [7, 11) is 0. The highest BCUT2D eigenvalue weighted by Crippen LogP contribution is 1.95. The number of hydrogen-bond donors (Lipinski definition) is 2. The van der Waals surface area contributed by atoms with Crippen molar-refractivity contribution in [3.8, 4) is 0 Å². The standard InChI is InChI=1S/C7H12O4/c1-3-4-6(9)11-7(10)5(2)8/h3-5,7-8,10H,1-2H3. The summed E-state index contributed by atoms with van der Waals surface area (Å²) in [5.74, 6) is -0.666. The van der Waals surface area contributed by atoms with Gasteiger partial charge in [-0.3, -0.25) is 0 Å². The van der Waals surface area contributed by atoms with E-state index in [0.717, 1.165) is 6.08 Å². The fourth-order valence-electron chi connectivity index (χ4n) is 0.393. The van der Waals surface area contributed by atoms with Crippen molar-refractivity contribution in [2.24, 2.45) is 0 Å². The van der Waals surface area contributed by atoms with Crippen molar-refractivity contribution < 1.29 is 19.7 Å². The lowest BCUT2D eigenvalue weighted by atomic mass is 10.4. The van der Waals surface area contributed by atoms with Crippen LogP contribution in [0.15, 0.2) is 12.2 Å². The van der Waals surface area contributed by atoms with E-state index < -0.39 is 18.4 Å². The van der Waals surface area contributed by atoms with Gasteiger partial charge in [-0.1, -0.05) is 6.08 Å². The number of aliphatic hydroxyl groups is 2. The molecule has 0 amide bonds. The molecule has 0 spiro atoms. The lowest BCUT2D eigenvalue weighted by Gasteiger charge is -2.12. The Kier molecular flexibility index (Phi) is 4.49. The van der Waals surface area contributed by atoms with E-state index in [2.05, 4.69) is 4.74 Å². The number of carbonyl (C=O) groups excluding carboxylic acids is 1. The minimum absolute atomic E-state index is 0.666. The molecule has 11 heavy (non-hydrogen) atoms. The van der Waals surface area contributed by atoms with E-state index in [9.17, 15) is 4.79 Å². The van der Waals surface area contributed by atoms with Gasteiger partial charge in [0.1, 0.15) is 6.10 Å². The van der Waals surface area contributed by atoms with Gasteiger partial charge in [0.05, 0.1) is 0 Å². The normalized spacial score (nSPS) is 16.4. The maximum Gasteiger partial charge on any atom is 0.332 e. The highest BCUT2D eigenvalue weighted by Gasteiger charge is 2.13. The van der Waals surface area contributed by atoms with Crippen LogP contribution in [-0.2, 0) is 9.53 Å². The maximum atomic E-state index is 10.6. The van der Waals surface area contributed by atoms with Crippen molar-refractivity contribution >= 4 is 5.97 Å². The van der Waals surface area contributed by atoms with Gasteiger partial charge in [-0.2, -0.15) is 0 Å². The van der Waals surface area contributed by atoms with Gasteiger partial charge in [-0.05, 0) is 13.8 Å². The molecule has 0 saturated heterocycles. The van der Waals surface area contributed by atoms with Crippen molar-refractivity contribution in [3.05, 3.63) is 12.2 Å². The number of aliphatic hydroxyl groups excluding tert-OH is 2. The van der Waals surface area contributed by atoms with Gasteiger partial charge in [0.15, 0.2) is 0 Å². The third-order valence-corrected chi connectivity index (χ3v) is 0.952. The predicted octanol–water partition coefficient (Wildman–Crippen LogP) is -0.195. The van der Waals surface area contributed by atoms with Crippen LogP contribution in [0.25, 0.3) is 0 Å². The van der Waals surface area contributed by atoms with Crippen LogP contribution in [0.1, 0.15) is 13.8 Å². The first kappa shape index (κ1) is 10.1. The van der Waals surface area contributed by atoms with Crippen LogP contribution >= 0.6 is 0 Å². The molecule has 64 valence electrons. The van der Waals surface area contributed by atoms with Crippen molar-refractivity contribution in [2.75, 3.05) is 0 Å². The highest BCUT2D eigenvalue weighted by molar-refractivity contribution is 5.81. The van der Waals surface area contributed by atoms with Crippen molar-refractivity contribution in [2.45, 2.75) is 26.2 Å². The monoisotopic (exact) mass is 160 g/mol. The first-order chi connectivity index (χ1) is 5.07. The molecule has 4 nitrogen and oxygen atoms in total. The van der Waals surface area contributed by atoms with Crippen LogP contribution < -0.4 is 0 Å². The number of hydrogen-bond acceptors (Lipinski definition) is 4. The topological polar surface area (TPSA) is 66.8 Å². The second-order valence-corrected chi connectivity index (χ2v) is 2.07. The van der Waals surface area contributed by atoms with Gasteiger partial charge in [-0.15, -0.1) is 0 Å². The number of esters is 1. The molecule has 2 unspecified atom stereocenters. The Balaban J connectivity index is 3.75. The Morgan fingerprint density at radius 1 is 1.55 bits per heavy atom. The Hall–Kier alpha value is -0.870. The molecular weight excluding hydrogens is 148 g/mol. The van der Waals surface area contributed by atoms with E-state index in [1.165, 1.54) is 13.0 Å². The van der Waals surface area contributed by atoms with Gasteiger partial charge >= 0.3 is 5.97 Å². The van der Waals surface area contributed by atoms with E-state index in [1.807, 2.05) is 0 Å². The van der Waals surface area contributed by atoms with Crippen molar-refractivity contribution in [1.82, 2.24) is 0 Å². The quantitative estimate of drug-likeness (QED) is 0.341. The minimum Gasteiger partial charge on any atom is -0.430 e. The highest BCUT2D eigenvalue weighted by atomic mass is 16.6. The van der Waals surface area contributed by atoms with Crippen LogP contribution in [0, 0.1) is 0 Å². The molecule has 2 N–H and O–H groups in total. The molecule has 0 heterocycles. The Bertz CT molecular complexity index is 151. The summed E-state index contributed by atoms with van der Waals surface area (Å²) in [6.45, 7) is 2.98. The van der Waals surface area contributed by atoms with Gasteiger partial charge in [-0.25, -0.2) is 4.79 Å². The molecule has 0 aliphatic rings. The van der Waals surface area contributed by atoms with Crippen LogP contribution in [0.2, 0.25) is 0 Å². The number of rotatable bonds is 3. The van der Waals surface area contributed by atoms with Crippen molar-refractivity contribution in [1.29, 1.82) is 0 Å². The lowest BCUT2D eigenvalue weighted by molar-refractivity contribution is -0.178. The van der Waals surface area contributed by atoms with Crippen LogP contribution in [0.5, 0.6) is 0 Å². The average molecular weight is 160 g/mol. The Morgan fingerprint density at radius 2 is 2.09 bits per heavy atom. The third-order valence-electron chi connectivity index (χ3n) is 0.952. The molecule has 0 aromatic rings. The average Bonchev–Trinajstić information content (AvgIpc) is 1.87. The zero-order valence-corrected chi connectivity index (χ0v) is 6.52. The van der Waals surface area contributed by atoms with Gasteiger partial charge in [0.2, 0.25) is 6.29 Å². The van der Waals surface area contributed by atoms with E-state index in [4.69, 9.17) is 10.2 Å². The summed E-state index contributed by atoms with van der Waals surface area (Å²) in [6.07, 6.45) is 0.130. The summed E-state index contributed by atoms with van der Waals surface area (Å²) in [5.41, 5.74) is 0.